The molecular weight excluding hydrogens is 615 g/mol. The molecule has 3 aromatic carbocycles. The van der Waals surface area contributed by atoms with Gasteiger partial charge in [-0.25, -0.2) is 4.90 Å². The van der Waals surface area contributed by atoms with Gasteiger partial charge in [0.2, 0.25) is 17.7 Å². The van der Waals surface area contributed by atoms with Crippen molar-refractivity contribution in [1.29, 1.82) is 0 Å². The van der Waals surface area contributed by atoms with Gasteiger partial charge < -0.3 is 10.1 Å². The second kappa shape index (κ2) is 11.3. The van der Waals surface area contributed by atoms with Gasteiger partial charge in [-0.1, -0.05) is 65.1 Å². The standard InChI is InChI=1S/C31H24F3N3O5S2/c1-16-7-11-18(12-8-16)37-27(39)24-23(17-9-13-19(42-2)14-10-17)26-29(43-25(24)28(37)40)36(30(41)44-26)15-22(38)35-21-6-4-3-5-20(21)31(32,33)34/h3-14,23-25H,15H2,1-2H3,(H,35,38). The number of benzene rings is 3. The molecule has 1 saturated heterocycles. The Morgan fingerprint density at radius 3 is 2.30 bits per heavy atom. The number of aromatic nitrogens is 1. The van der Waals surface area contributed by atoms with Crippen LogP contribution in [0.3, 0.4) is 0 Å². The molecule has 0 saturated carbocycles. The van der Waals surface area contributed by atoms with E-state index in [-0.39, 0.29) is 0 Å². The number of amides is 3. The summed E-state index contributed by atoms with van der Waals surface area (Å²) in [6.07, 6.45) is -4.70. The maximum Gasteiger partial charge on any atom is 0.418 e. The van der Waals surface area contributed by atoms with Crippen LogP contribution in [0.4, 0.5) is 24.5 Å². The predicted octanol–water partition coefficient (Wildman–Crippen LogP) is 5.68. The van der Waals surface area contributed by atoms with Crippen molar-refractivity contribution in [2.24, 2.45) is 5.92 Å². The number of methoxy groups -OCH3 is 1. The summed E-state index contributed by atoms with van der Waals surface area (Å²) in [7, 11) is 1.52. The van der Waals surface area contributed by atoms with E-state index in [0.717, 1.165) is 50.3 Å². The largest absolute Gasteiger partial charge is 0.497 e. The Morgan fingerprint density at radius 1 is 0.955 bits per heavy atom. The number of carbonyl (C=O) groups is 3. The van der Waals surface area contributed by atoms with E-state index in [4.69, 9.17) is 4.74 Å². The van der Waals surface area contributed by atoms with Crippen LogP contribution in [0.2, 0.25) is 0 Å². The minimum Gasteiger partial charge on any atom is -0.497 e. The molecule has 2 aliphatic rings. The highest BCUT2D eigenvalue weighted by molar-refractivity contribution is 8.00. The topological polar surface area (TPSA) is 97.7 Å². The molecule has 0 spiro atoms. The lowest BCUT2D eigenvalue weighted by Gasteiger charge is -2.30. The van der Waals surface area contributed by atoms with Crippen LogP contribution in [-0.4, -0.2) is 34.6 Å². The summed E-state index contributed by atoms with van der Waals surface area (Å²) in [5, 5.41) is 1.70. The van der Waals surface area contributed by atoms with Crippen LogP contribution in [0.1, 0.15) is 27.5 Å². The first kappa shape index (κ1) is 29.7. The number of rotatable bonds is 6. The smallest absolute Gasteiger partial charge is 0.418 e. The lowest BCUT2D eigenvalue weighted by atomic mass is 9.83. The molecule has 3 amide bonds. The van der Waals surface area contributed by atoms with E-state index in [1.807, 2.05) is 6.92 Å². The monoisotopic (exact) mass is 639 g/mol. The van der Waals surface area contributed by atoms with Crippen molar-refractivity contribution in [1.82, 2.24) is 4.57 Å². The number of hydrogen-bond acceptors (Lipinski definition) is 7. The number of fused-ring (bicyclic) bond motifs is 2. The van der Waals surface area contributed by atoms with Gasteiger partial charge >= 0.3 is 11.0 Å². The van der Waals surface area contributed by atoms with Gasteiger partial charge in [0, 0.05) is 10.8 Å². The van der Waals surface area contributed by atoms with Crippen LogP contribution < -0.4 is 19.8 Å². The van der Waals surface area contributed by atoms with E-state index in [2.05, 4.69) is 5.32 Å². The van der Waals surface area contributed by atoms with Crippen LogP contribution >= 0.6 is 23.1 Å². The first-order valence-electron chi connectivity index (χ1n) is 13.4. The molecule has 1 fully saturated rings. The van der Waals surface area contributed by atoms with Crippen molar-refractivity contribution < 1.29 is 32.3 Å². The molecule has 0 bridgehead atoms. The molecule has 226 valence electrons. The summed E-state index contributed by atoms with van der Waals surface area (Å²) >= 11 is 1.88. The number of aryl methyl sites for hydroxylation is 1. The molecule has 3 atom stereocenters. The van der Waals surface area contributed by atoms with E-state index in [9.17, 15) is 32.3 Å². The second-order valence-corrected chi connectivity index (χ2v) is 12.5. The van der Waals surface area contributed by atoms with Crippen molar-refractivity contribution in [3.63, 3.8) is 0 Å². The van der Waals surface area contributed by atoms with Crippen molar-refractivity contribution in [3.05, 3.63) is 104 Å². The Kier molecular flexibility index (Phi) is 7.62. The molecule has 44 heavy (non-hydrogen) atoms. The Morgan fingerprint density at radius 2 is 1.64 bits per heavy atom. The lowest BCUT2D eigenvalue weighted by Crippen LogP contribution is -2.33. The number of nitrogens with zero attached hydrogens (tertiary/aromatic N) is 2. The minimum absolute atomic E-state index is 0.327. The van der Waals surface area contributed by atoms with E-state index in [1.165, 1.54) is 19.2 Å². The van der Waals surface area contributed by atoms with Crippen LogP contribution in [0, 0.1) is 12.8 Å². The Labute approximate surface area is 257 Å². The number of thiazole rings is 1. The normalized spacial score (nSPS) is 19.5. The predicted molar refractivity (Wildman–Crippen MR) is 160 cm³/mol. The van der Waals surface area contributed by atoms with E-state index >= 15 is 0 Å². The Hall–Kier alpha value is -4.36. The highest BCUT2D eigenvalue weighted by Gasteiger charge is 2.56. The number of alkyl halides is 3. The number of halogens is 3. The van der Waals surface area contributed by atoms with Crippen molar-refractivity contribution in [3.8, 4) is 5.75 Å². The Bertz CT molecular complexity index is 1830. The average molecular weight is 640 g/mol. The van der Waals surface area contributed by atoms with Gasteiger partial charge in [-0.05, 0) is 48.9 Å². The number of hydrogen-bond donors (Lipinski definition) is 1. The van der Waals surface area contributed by atoms with Gasteiger partial charge in [0.25, 0.3) is 0 Å². The summed E-state index contributed by atoms with van der Waals surface area (Å²) in [6.45, 7) is 1.31. The SMILES string of the molecule is COc1ccc(C2c3sc(=O)n(CC(=O)Nc4ccccc4C(F)(F)F)c3SC3C(=O)N(c4ccc(C)cc4)C(=O)C32)cc1. The zero-order valence-electron chi connectivity index (χ0n) is 23.3. The quantitative estimate of drug-likeness (QED) is 0.273. The fraction of sp³-hybridized carbons (Fsp3) is 0.226. The molecule has 0 aliphatic carbocycles. The van der Waals surface area contributed by atoms with Gasteiger partial charge in [0.15, 0.2) is 0 Å². The molecule has 4 aromatic rings. The maximum atomic E-state index is 14.0. The summed E-state index contributed by atoms with van der Waals surface area (Å²) in [5.74, 6) is -2.66. The first-order valence-corrected chi connectivity index (χ1v) is 15.1. The van der Waals surface area contributed by atoms with Crippen LogP contribution in [0.15, 0.2) is 82.6 Å². The molecule has 0 radical (unpaired) electrons. The van der Waals surface area contributed by atoms with E-state index < -0.39 is 63.7 Å². The third-order valence-electron chi connectivity index (χ3n) is 7.62. The lowest BCUT2D eigenvalue weighted by molar-refractivity contribution is -0.137. The third-order valence-corrected chi connectivity index (χ3v) is 10.2. The maximum absolute atomic E-state index is 14.0. The summed E-state index contributed by atoms with van der Waals surface area (Å²) in [4.78, 5) is 55.3. The molecule has 6 rings (SSSR count). The van der Waals surface area contributed by atoms with Crippen molar-refractivity contribution >= 4 is 52.2 Å². The fourth-order valence-electron chi connectivity index (χ4n) is 5.55. The highest BCUT2D eigenvalue weighted by Crippen LogP contribution is 2.54. The van der Waals surface area contributed by atoms with Gasteiger partial charge in [0.05, 0.1) is 35.0 Å². The molecule has 1 N–H and O–H groups in total. The average Bonchev–Trinajstić information content (AvgIpc) is 3.43. The molecule has 13 heteroatoms. The van der Waals surface area contributed by atoms with Crippen molar-refractivity contribution in [2.75, 3.05) is 17.3 Å². The molecule has 3 unspecified atom stereocenters. The zero-order chi connectivity index (χ0) is 31.3. The number of carbonyl (C=O) groups excluding carboxylic acids is 3. The summed E-state index contributed by atoms with van der Waals surface area (Å²) in [5.41, 5.74) is 0.606. The number of thioether (sulfide) groups is 1. The highest BCUT2D eigenvalue weighted by atomic mass is 32.2. The number of anilines is 2. The van der Waals surface area contributed by atoms with Crippen LogP contribution in [-0.2, 0) is 27.1 Å². The van der Waals surface area contributed by atoms with Crippen LogP contribution in [0.5, 0.6) is 5.75 Å². The number of ether oxygens (including phenoxy) is 1. The molecule has 3 heterocycles. The zero-order valence-corrected chi connectivity index (χ0v) is 24.9. The number of para-hydroxylation sites is 1. The molecule has 2 aliphatic heterocycles. The first-order chi connectivity index (χ1) is 21.0. The van der Waals surface area contributed by atoms with E-state index in [0.29, 0.717) is 26.9 Å². The minimum atomic E-state index is -4.70. The van der Waals surface area contributed by atoms with Crippen LogP contribution in [0.25, 0.3) is 0 Å². The van der Waals surface area contributed by atoms with Gasteiger partial charge in [0.1, 0.15) is 17.5 Å². The second-order valence-electron chi connectivity index (χ2n) is 10.4. The third kappa shape index (κ3) is 5.19. The van der Waals surface area contributed by atoms with Gasteiger partial charge in [-0.15, -0.1) is 0 Å². The summed E-state index contributed by atoms with van der Waals surface area (Å²) < 4.78 is 47.0. The number of nitrogens with one attached hydrogen (secondary N) is 1. The summed E-state index contributed by atoms with van der Waals surface area (Å²) in [6, 6.07) is 18.5. The van der Waals surface area contributed by atoms with Crippen molar-refractivity contribution in [2.45, 2.75) is 35.8 Å². The molecule has 8 nitrogen and oxygen atoms in total. The van der Waals surface area contributed by atoms with Gasteiger partial charge in [-0.2, -0.15) is 13.2 Å². The van der Waals surface area contributed by atoms with E-state index in [1.54, 1.807) is 48.5 Å². The van der Waals surface area contributed by atoms with Gasteiger partial charge in [-0.3, -0.25) is 23.7 Å². The number of imide groups is 1. The molecule has 1 aromatic heterocycles. The Balaban J connectivity index is 1.40. The molecular formula is C31H24F3N3O5S2. The fourth-order valence-corrected chi connectivity index (χ4v) is 8.32.